The molecule has 4 aromatic heterocycles. The molecule has 0 unspecified atom stereocenters. The van der Waals surface area contributed by atoms with Crippen LogP contribution in [0.1, 0.15) is 101 Å². The number of anilines is 5. The lowest BCUT2D eigenvalue weighted by Gasteiger charge is -2.46. The predicted molar refractivity (Wildman–Crippen MR) is 286 cm³/mol. The van der Waals surface area contributed by atoms with Gasteiger partial charge in [0, 0.05) is 97.7 Å². The third-order valence-corrected chi connectivity index (χ3v) is 17.0. The number of benzene rings is 2. The lowest BCUT2D eigenvalue weighted by molar-refractivity contribution is -0.0691. The molecule has 75 heavy (non-hydrogen) atoms. The second-order valence-corrected chi connectivity index (χ2v) is 21.5. The molecule has 0 bridgehead atoms. The number of halogens is 5. The number of ether oxygens (including phenoxy) is 1. The summed E-state index contributed by atoms with van der Waals surface area (Å²) < 4.78 is 71.2. The zero-order valence-corrected chi connectivity index (χ0v) is 44.5. The Labute approximate surface area is 442 Å². The predicted octanol–water partition coefficient (Wildman–Crippen LogP) is 9.91. The van der Waals surface area contributed by atoms with Crippen LogP contribution in [0.5, 0.6) is 0 Å². The molecule has 2 amide bonds. The first-order valence-corrected chi connectivity index (χ1v) is 27.3. The molecule has 2 saturated heterocycles. The van der Waals surface area contributed by atoms with Gasteiger partial charge in [0.2, 0.25) is 0 Å². The van der Waals surface area contributed by atoms with Crippen LogP contribution >= 0.6 is 15.9 Å². The summed E-state index contributed by atoms with van der Waals surface area (Å²) in [5.41, 5.74) is 8.27. The second kappa shape index (κ2) is 20.7. The van der Waals surface area contributed by atoms with Gasteiger partial charge in [0.15, 0.2) is 11.6 Å². The van der Waals surface area contributed by atoms with Crippen LogP contribution in [0, 0.1) is 23.3 Å². The summed E-state index contributed by atoms with van der Waals surface area (Å²) in [6.45, 7) is 12.3. The molecule has 2 fully saturated rings. The number of rotatable bonds is 9. The number of aromatic nitrogens is 4. The van der Waals surface area contributed by atoms with E-state index in [1.54, 1.807) is 19.3 Å². The third kappa shape index (κ3) is 9.17. The van der Waals surface area contributed by atoms with Crippen molar-refractivity contribution in [3.8, 4) is 11.1 Å². The first kappa shape index (κ1) is 50.9. The zero-order valence-electron chi connectivity index (χ0n) is 42.9. The van der Waals surface area contributed by atoms with Crippen molar-refractivity contribution in [2.75, 3.05) is 66.0 Å². The highest BCUT2D eigenvalue weighted by molar-refractivity contribution is 9.10. The Hall–Kier alpha value is -6.24. The molecule has 2 aliphatic carbocycles. The van der Waals surface area contributed by atoms with Crippen molar-refractivity contribution >= 4 is 56.3 Å². The highest BCUT2D eigenvalue weighted by atomic mass is 79.9. The summed E-state index contributed by atoms with van der Waals surface area (Å²) in [5.74, 6) is -2.04. The lowest BCUT2D eigenvalue weighted by atomic mass is 9.95. The van der Waals surface area contributed by atoms with E-state index in [2.05, 4.69) is 43.0 Å². The Morgan fingerprint density at radius 1 is 0.720 bits per heavy atom. The Balaban J connectivity index is 0.000000201. The maximum Gasteiger partial charge on any atom is 0.278 e. The highest BCUT2D eigenvalue weighted by Gasteiger charge is 2.38. The number of amides is 2. The topological polar surface area (TPSA) is 113 Å². The van der Waals surface area contributed by atoms with E-state index in [0.29, 0.717) is 114 Å². The molecule has 0 spiro atoms. The highest BCUT2D eigenvalue weighted by Crippen LogP contribution is 2.40. The molecule has 1 N–H and O–H groups in total. The van der Waals surface area contributed by atoms with E-state index in [1.165, 1.54) is 38.6 Å². The van der Waals surface area contributed by atoms with Gasteiger partial charge in [-0.3, -0.25) is 19.3 Å². The van der Waals surface area contributed by atoms with Gasteiger partial charge in [-0.05, 0) is 130 Å². The number of aryl methyl sites for hydroxylation is 1. The summed E-state index contributed by atoms with van der Waals surface area (Å²) in [4.78, 5) is 52.9. The van der Waals surface area contributed by atoms with Crippen molar-refractivity contribution in [2.24, 2.45) is 7.05 Å². The molecule has 6 aromatic rings. The van der Waals surface area contributed by atoms with Crippen LogP contribution in [0.25, 0.3) is 11.1 Å². The van der Waals surface area contributed by atoms with Crippen LogP contribution in [-0.2, 0) is 63.4 Å². The van der Waals surface area contributed by atoms with Crippen molar-refractivity contribution in [2.45, 2.75) is 110 Å². The number of hydrogen-bond acceptors (Lipinski definition) is 8. The van der Waals surface area contributed by atoms with Crippen molar-refractivity contribution in [1.82, 2.24) is 23.6 Å². The maximum absolute atomic E-state index is 15.6. The summed E-state index contributed by atoms with van der Waals surface area (Å²) >= 11 is 3.38. The van der Waals surface area contributed by atoms with Gasteiger partial charge in [0.05, 0.1) is 42.5 Å². The van der Waals surface area contributed by atoms with Gasteiger partial charge in [-0.2, -0.15) is 0 Å². The number of piperazine rings is 1. The second-order valence-electron chi connectivity index (χ2n) is 20.7. The minimum atomic E-state index is -0.516. The first-order chi connectivity index (χ1) is 36.2. The van der Waals surface area contributed by atoms with E-state index in [9.17, 15) is 23.2 Å². The quantitative estimate of drug-likeness (QED) is 0.143. The number of carbonyl (C=O) groups is 2. The lowest BCUT2D eigenvalue weighted by Crippen LogP contribution is -2.59. The number of fused-ring (bicyclic) bond motifs is 6. The van der Waals surface area contributed by atoms with Gasteiger partial charge in [-0.25, -0.2) is 22.5 Å². The van der Waals surface area contributed by atoms with Crippen LogP contribution in [0.15, 0.2) is 64.1 Å². The minimum absolute atomic E-state index is 0.0728. The third-order valence-electron chi connectivity index (χ3n) is 16.3. The smallest absolute Gasteiger partial charge is 0.278 e. The summed E-state index contributed by atoms with van der Waals surface area (Å²) in [5, 5.41) is 3.19. The van der Waals surface area contributed by atoms with Crippen molar-refractivity contribution in [3.05, 3.63) is 138 Å². The van der Waals surface area contributed by atoms with Crippen molar-refractivity contribution < 1.29 is 31.9 Å². The molecular weight excluding hydrogens is 1030 g/mol. The molecular formula is C57H62BrF4N9O4. The number of carbonyl (C=O) groups excluding carboxylic acids is 2. The number of nitrogens with zero attached hydrogens (tertiary/aromatic N) is 8. The number of nitrogens with one attached hydrogen (secondary N) is 1. The van der Waals surface area contributed by atoms with E-state index in [1.807, 2.05) is 41.3 Å². The summed E-state index contributed by atoms with van der Waals surface area (Å²) in [6, 6.07) is 12.0. The average Bonchev–Trinajstić information content (AvgIpc) is 3.86. The molecule has 1 atom stereocenters. The van der Waals surface area contributed by atoms with Gasteiger partial charge in [-0.15, -0.1) is 0 Å². The molecule has 6 aliphatic rings. The monoisotopic (exact) mass is 1090 g/mol. The average molecular weight is 1090 g/mol. The van der Waals surface area contributed by atoms with Gasteiger partial charge >= 0.3 is 0 Å². The summed E-state index contributed by atoms with van der Waals surface area (Å²) in [6.07, 6.45) is 11.4. The Kier molecular flexibility index (Phi) is 14.1. The fourth-order valence-electron chi connectivity index (χ4n) is 12.4. The fraction of sp³-hybridized carbons (Fsp3) is 0.439. The maximum atomic E-state index is 15.6. The Morgan fingerprint density at radius 2 is 1.31 bits per heavy atom. The molecule has 13 nitrogen and oxygen atoms in total. The van der Waals surface area contributed by atoms with Gasteiger partial charge in [0.1, 0.15) is 34.5 Å². The fourth-order valence-corrected chi connectivity index (χ4v) is 13.1. The van der Waals surface area contributed by atoms with Gasteiger partial charge in [0.25, 0.3) is 17.4 Å². The standard InChI is InChI=1S/C38H43F2N7O3.C19H19BrF2N2O/c1-4-28-30(16-25(39)17-33(28)47-14-13-46-32-8-6-5-7-29(32)35(40)36(46)38(47)49)24-15-31(37(48)43(3)20-24)42-34-10-9-26(18-41-34)45-12-11-44(19-23(45)2)27-21-50-22-27;1-2-12-14(20)9-11(21)10-16(12)24-8-7-23-15-6-4-3-5-13(15)17(22)18(23)19(24)25/h9-10,15-18,20,23,27H,4-8,11-14,19,21-22H2,1-3H3,(H,41,42);9-10H,2-8H2,1H3/t23-;/m0./s1. The van der Waals surface area contributed by atoms with E-state index in [4.69, 9.17) is 4.74 Å². The molecule has 4 aliphatic heterocycles. The molecule has 0 saturated carbocycles. The van der Waals surface area contributed by atoms with Crippen LogP contribution in [0.3, 0.4) is 0 Å². The molecule has 2 aromatic carbocycles. The molecule has 8 heterocycles. The van der Waals surface area contributed by atoms with Gasteiger partial charge in [-0.1, -0.05) is 29.8 Å². The van der Waals surface area contributed by atoms with Crippen LogP contribution < -0.4 is 25.6 Å². The molecule has 394 valence electrons. The Morgan fingerprint density at radius 3 is 1.85 bits per heavy atom. The summed E-state index contributed by atoms with van der Waals surface area (Å²) in [7, 11) is 1.66. The van der Waals surface area contributed by atoms with Crippen molar-refractivity contribution in [3.63, 3.8) is 0 Å². The number of pyridine rings is 2. The molecule has 0 radical (unpaired) electrons. The number of hydrogen-bond donors (Lipinski definition) is 1. The van der Waals surface area contributed by atoms with Crippen molar-refractivity contribution in [1.29, 1.82) is 0 Å². The van der Waals surface area contributed by atoms with Crippen LogP contribution in [0.2, 0.25) is 0 Å². The normalized spacial score (nSPS) is 18.7. The SMILES string of the molecule is CCc1c(-c2cc(Nc3ccc(N4CCN(C5COC5)C[C@@H]4C)cn3)c(=O)n(C)c2)cc(F)cc1N1CCn2c3c(c(F)c2C1=O)CCCC3.CCc1c(Br)cc(F)cc1N1CCn2c3c(c(F)c2C1=O)CCCC3. The largest absolute Gasteiger partial charge is 0.378 e. The van der Waals surface area contributed by atoms with E-state index < -0.39 is 23.4 Å². The molecule has 12 rings (SSSR count). The minimum Gasteiger partial charge on any atom is -0.378 e. The Bertz CT molecular complexity index is 3290. The van der Waals surface area contributed by atoms with E-state index >= 15 is 8.78 Å². The van der Waals surface area contributed by atoms with E-state index in [0.717, 1.165) is 99.6 Å². The van der Waals surface area contributed by atoms with Gasteiger partial charge < -0.3 is 38.5 Å². The zero-order chi connectivity index (χ0) is 52.4. The van der Waals surface area contributed by atoms with Crippen LogP contribution in [0.4, 0.5) is 46.1 Å². The van der Waals surface area contributed by atoms with E-state index in [-0.39, 0.29) is 28.7 Å². The molecule has 18 heteroatoms. The van der Waals surface area contributed by atoms with Crippen LogP contribution in [-0.4, -0.2) is 93.4 Å². The first-order valence-electron chi connectivity index (χ1n) is 26.5.